The third-order valence-electron chi connectivity index (χ3n) is 6.53. The fraction of sp³-hybridized carbons (Fsp3) is 0.250. The molecule has 0 bridgehead atoms. The predicted octanol–water partition coefficient (Wildman–Crippen LogP) is 7.14. The zero-order chi connectivity index (χ0) is 31.8. The van der Waals surface area contributed by atoms with Crippen molar-refractivity contribution < 1.29 is 28.8 Å². The maximum atomic E-state index is 12.3. The van der Waals surface area contributed by atoms with Crippen molar-refractivity contribution in [2.24, 2.45) is 0 Å². The van der Waals surface area contributed by atoms with E-state index in [0.717, 1.165) is 32.8 Å². The molecule has 1 unspecified atom stereocenters. The number of rotatable bonds is 8. The van der Waals surface area contributed by atoms with Crippen molar-refractivity contribution in [1.82, 2.24) is 4.98 Å². The van der Waals surface area contributed by atoms with Gasteiger partial charge in [-0.25, -0.2) is 9.78 Å². The lowest BCUT2D eigenvalue weighted by molar-refractivity contribution is -0.385. The van der Waals surface area contributed by atoms with Crippen molar-refractivity contribution in [2.75, 3.05) is 14.2 Å². The molecule has 224 valence electrons. The van der Waals surface area contributed by atoms with Gasteiger partial charge in [0.1, 0.15) is 4.88 Å². The van der Waals surface area contributed by atoms with Gasteiger partial charge in [0, 0.05) is 29.2 Å². The number of carbonyl (C=O) groups is 3. The van der Waals surface area contributed by atoms with Gasteiger partial charge in [-0.2, -0.15) is 0 Å². The molecule has 4 rings (SSSR count). The summed E-state index contributed by atoms with van der Waals surface area (Å²) in [5, 5.41) is 11.9. The van der Waals surface area contributed by atoms with Gasteiger partial charge in [-0.3, -0.25) is 19.7 Å². The van der Waals surface area contributed by atoms with Gasteiger partial charge in [0.25, 0.3) is 5.69 Å². The Labute approximate surface area is 262 Å². The molecule has 3 aromatic carbocycles. The van der Waals surface area contributed by atoms with Crippen LogP contribution in [-0.4, -0.2) is 46.7 Å². The van der Waals surface area contributed by atoms with Crippen LogP contribution in [0.2, 0.25) is 0 Å². The highest BCUT2D eigenvalue weighted by Crippen LogP contribution is 2.32. The van der Waals surface area contributed by atoms with Crippen LogP contribution >= 0.6 is 27.3 Å². The summed E-state index contributed by atoms with van der Waals surface area (Å²) in [4.78, 5) is 50.0. The monoisotopic (exact) mass is 666 g/mol. The van der Waals surface area contributed by atoms with E-state index in [1.165, 1.54) is 25.6 Å². The summed E-state index contributed by atoms with van der Waals surface area (Å²) < 4.78 is 9.40. The fourth-order valence-electron chi connectivity index (χ4n) is 4.06. The quantitative estimate of drug-likeness (QED) is 0.0485. The van der Waals surface area contributed by atoms with Gasteiger partial charge >= 0.3 is 11.9 Å². The summed E-state index contributed by atoms with van der Waals surface area (Å²) in [5.41, 5.74) is 6.62. The van der Waals surface area contributed by atoms with Crippen LogP contribution < -0.4 is 0 Å². The SMILES string of the molecule is COC(=O)C(Br)C(=O)c1ccc(C)cc1.COC(=O)c1sc(Cc2cc(C)c([N+](=O)[O-])cc2C)nc1-c1ccc(C)cc1. The largest absolute Gasteiger partial charge is 0.468 e. The number of alkyl halides is 1. The molecule has 43 heavy (non-hydrogen) atoms. The topological polar surface area (TPSA) is 126 Å². The first-order chi connectivity index (χ1) is 20.4. The number of esters is 2. The second-order valence-electron chi connectivity index (χ2n) is 9.76. The van der Waals surface area contributed by atoms with Gasteiger partial charge in [0.15, 0.2) is 10.6 Å². The number of nitrogens with zero attached hydrogens (tertiary/aromatic N) is 2. The van der Waals surface area contributed by atoms with Crippen molar-refractivity contribution in [1.29, 1.82) is 0 Å². The summed E-state index contributed by atoms with van der Waals surface area (Å²) in [6.07, 6.45) is 0.491. The lowest BCUT2D eigenvalue weighted by atomic mass is 10.0. The normalized spacial score (nSPS) is 11.1. The van der Waals surface area contributed by atoms with Crippen LogP contribution in [0.1, 0.15) is 52.9 Å². The molecule has 0 aliphatic rings. The predicted molar refractivity (Wildman–Crippen MR) is 169 cm³/mol. The lowest BCUT2D eigenvalue weighted by Gasteiger charge is -2.06. The van der Waals surface area contributed by atoms with Gasteiger partial charge in [0.05, 0.1) is 29.8 Å². The Hall–Kier alpha value is -4.22. The molecule has 0 spiro atoms. The molecule has 11 heteroatoms. The first-order valence-electron chi connectivity index (χ1n) is 13.1. The van der Waals surface area contributed by atoms with Crippen molar-refractivity contribution in [3.63, 3.8) is 0 Å². The first kappa shape index (κ1) is 33.3. The van der Waals surface area contributed by atoms with E-state index in [1.54, 1.807) is 25.1 Å². The van der Waals surface area contributed by atoms with Gasteiger partial charge in [0.2, 0.25) is 0 Å². The number of halogens is 1. The number of hydrogen-bond acceptors (Lipinski definition) is 9. The second-order valence-corrected chi connectivity index (χ2v) is 11.8. The second kappa shape index (κ2) is 14.8. The summed E-state index contributed by atoms with van der Waals surface area (Å²) in [5.74, 6) is -1.29. The summed E-state index contributed by atoms with van der Waals surface area (Å²) in [6.45, 7) is 7.50. The molecule has 1 atom stereocenters. The first-order valence-corrected chi connectivity index (χ1v) is 14.8. The van der Waals surface area contributed by atoms with Crippen molar-refractivity contribution in [3.8, 4) is 11.3 Å². The number of benzene rings is 3. The van der Waals surface area contributed by atoms with E-state index in [9.17, 15) is 24.5 Å². The highest BCUT2D eigenvalue weighted by molar-refractivity contribution is 9.10. The lowest BCUT2D eigenvalue weighted by Crippen LogP contribution is -2.25. The van der Waals surface area contributed by atoms with Crippen molar-refractivity contribution in [3.05, 3.63) is 114 Å². The summed E-state index contributed by atoms with van der Waals surface area (Å²) in [6, 6.07) is 18.2. The van der Waals surface area contributed by atoms with Gasteiger partial charge in [-0.05, 0) is 44.9 Å². The summed E-state index contributed by atoms with van der Waals surface area (Å²) >= 11 is 4.29. The van der Waals surface area contributed by atoms with Crippen molar-refractivity contribution in [2.45, 2.75) is 38.9 Å². The molecule has 0 aliphatic carbocycles. The van der Waals surface area contributed by atoms with E-state index in [-0.39, 0.29) is 16.4 Å². The standard InChI is InChI=1S/C21H20N2O4S.C11H11BrO3/c1-12-5-7-15(8-6-12)19-20(21(24)27-4)28-18(22-19)11-16-9-14(3)17(23(25)26)10-13(16)2;1-7-3-5-8(6-4-7)10(13)9(12)11(14)15-2/h5-10H,11H2,1-4H3;3-6,9H,1-2H3. The fourth-order valence-corrected chi connectivity index (χ4v) is 5.54. The highest BCUT2D eigenvalue weighted by Gasteiger charge is 2.25. The molecule has 4 aromatic rings. The van der Waals surface area contributed by atoms with Crippen LogP contribution in [0, 0.1) is 37.8 Å². The maximum Gasteiger partial charge on any atom is 0.350 e. The molecule has 0 saturated carbocycles. The third kappa shape index (κ3) is 8.42. The molecule has 0 amide bonds. The molecule has 1 heterocycles. The Morgan fingerprint density at radius 1 is 0.907 bits per heavy atom. The number of nitro groups is 1. The molecular weight excluding hydrogens is 636 g/mol. The molecular formula is C32H31BrN2O7S. The van der Waals surface area contributed by atoms with E-state index in [1.807, 2.05) is 63.2 Å². The van der Waals surface area contributed by atoms with Crippen LogP contribution in [-0.2, 0) is 20.7 Å². The zero-order valence-electron chi connectivity index (χ0n) is 24.6. The molecule has 0 N–H and O–H groups in total. The Morgan fingerprint density at radius 3 is 2.02 bits per heavy atom. The Bertz CT molecular complexity index is 1650. The molecule has 0 saturated heterocycles. The van der Waals surface area contributed by atoms with Gasteiger partial charge in [-0.1, -0.05) is 75.6 Å². The number of Topliss-reactive ketones (excluding diaryl/α,β-unsaturated/α-hetero) is 1. The molecule has 0 aliphatic heterocycles. The van der Waals surface area contributed by atoms with Gasteiger partial charge in [-0.15, -0.1) is 11.3 Å². The Morgan fingerprint density at radius 2 is 1.49 bits per heavy atom. The molecule has 0 radical (unpaired) electrons. The van der Waals surface area contributed by atoms with Crippen molar-refractivity contribution >= 4 is 50.7 Å². The smallest absolute Gasteiger partial charge is 0.350 e. The van der Waals surface area contributed by atoms with Crippen LogP contribution in [0.5, 0.6) is 0 Å². The van der Waals surface area contributed by atoms with E-state index in [0.29, 0.717) is 28.1 Å². The van der Waals surface area contributed by atoms with Gasteiger partial charge < -0.3 is 9.47 Å². The van der Waals surface area contributed by atoms with E-state index in [2.05, 4.69) is 25.7 Å². The van der Waals surface area contributed by atoms with Crippen LogP contribution in [0.25, 0.3) is 11.3 Å². The van der Waals surface area contributed by atoms with Crippen LogP contribution in [0.15, 0.2) is 60.7 Å². The average Bonchev–Trinajstić information content (AvgIpc) is 3.41. The number of ether oxygens (including phenoxy) is 2. The van der Waals surface area contributed by atoms with Crippen LogP contribution in [0.4, 0.5) is 5.69 Å². The number of hydrogen-bond donors (Lipinski definition) is 0. The third-order valence-corrected chi connectivity index (χ3v) is 8.36. The number of nitro benzene ring substituents is 1. The summed E-state index contributed by atoms with van der Waals surface area (Å²) in [7, 11) is 2.60. The number of methoxy groups -OCH3 is 2. The van der Waals surface area contributed by atoms with E-state index >= 15 is 0 Å². The minimum absolute atomic E-state index is 0.107. The number of carbonyl (C=O) groups excluding carboxylic acids is 3. The maximum absolute atomic E-state index is 12.3. The number of ketones is 1. The van der Waals surface area contributed by atoms with Crippen LogP contribution in [0.3, 0.4) is 0 Å². The average molecular weight is 668 g/mol. The highest BCUT2D eigenvalue weighted by atomic mass is 79.9. The molecule has 9 nitrogen and oxygen atoms in total. The minimum atomic E-state index is -0.926. The Balaban J connectivity index is 0.000000285. The number of thiazole rings is 1. The van der Waals surface area contributed by atoms with E-state index in [4.69, 9.17) is 4.74 Å². The molecule has 0 fully saturated rings. The minimum Gasteiger partial charge on any atom is -0.468 e. The zero-order valence-corrected chi connectivity index (χ0v) is 27.0. The number of aryl methyl sites for hydroxylation is 4. The van der Waals surface area contributed by atoms with E-state index < -0.39 is 16.8 Å². The number of aromatic nitrogens is 1. The Kier molecular flexibility index (Phi) is 11.4. The molecule has 1 aromatic heterocycles.